The van der Waals surface area contributed by atoms with E-state index in [1.807, 2.05) is 6.07 Å². The SMILES string of the molecule is Brc1ccc(N2C=C(c3ccccc3)CC2c2ncco2)cc1. The highest BCUT2D eigenvalue weighted by atomic mass is 79.9. The average Bonchev–Trinajstić information content (AvgIpc) is 3.26. The van der Waals surface area contributed by atoms with Crippen molar-refractivity contribution in [1.82, 2.24) is 4.98 Å². The van der Waals surface area contributed by atoms with E-state index in [1.165, 1.54) is 11.1 Å². The molecule has 23 heavy (non-hydrogen) atoms. The van der Waals surface area contributed by atoms with Gasteiger partial charge in [0.05, 0.1) is 6.20 Å². The van der Waals surface area contributed by atoms with Crippen LogP contribution in [0.1, 0.15) is 23.9 Å². The molecule has 3 aromatic rings. The van der Waals surface area contributed by atoms with Crippen molar-refractivity contribution in [2.24, 2.45) is 0 Å². The molecular formula is C19H15BrN2O. The lowest BCUT2D eigenvalue weighted by molar-refractivity contribution is 0.454. The van der Waals surface area contributed by atoms with E-state index in [-0.39, 0.29) is 6.04 Å². The van der Waals surface area contributed by atoms with Crippen LogP contribution >= 0.6 is 15.9 Å². The van der Waals surface area contributed by atoms with Gasteiger partial charge in [-0.05, 0) is 35.4 Å². The Kier molecular flexibility index (Phi) is 3.75. The highest BCUT2D eigenvalue weighted by molar-refractivity contribution is 9.10. The molecule has 3 nitrogen and oxygen atoms in total. The van der Waals surface area contributed by atoms with E-state index in [1.54, 1.807) is 12.5 Å². The summed E-state index contributed by atoms with van der Waals surface area (Å²) in [5.41, 5.74) is 3.66. The maximum absolute atomic E-state index is 5.58. The van der Waals surface area contributed by atoms with Crippen molar-refractivity contribution in [3.63, 3.8) is 0 Å². The first-order valence-electron chi connectivity index (χ1n) is 7.51. The number of aromatic nitrogens is 1. The summed E-state index contributed by atoms with van der Waals surface area (Å²) >= 11 is 3.49. The molecule has 0 saturated heterocycles. The van der Waals surface area contributed by atoms with Crippen LogP contribution in [-0.2, 0) is 0 Å². The molecule has 0 N–H and O–H groups in total. The van der Waals surface area contributed by atoms with Gasteiger partial charge in [0.2, 0.25) is 5.89 Å². The lowest BCUT2D eigenvalue weighted by Crippen LogP contribution is -2.18. The second-order valence-corrected chi connectivity index (χ2v) is 6.41. The van der Waals surface area contributed by atoms with Crippen molar-refractivity contribution in [3.05, 3.63) is 89.2 Å². The third kappa shape index (κ3) is 2.82. The van der Waals surface area contributed by atoms with Crippen LogP contribution in [0, 0.1) is 0 Å². The van der Waals surface area contributed by atoms with Crippen LogP contribution in [0.25, 0.3) is 5.57 Å². The van der Waals surface area contributed by atoms with Crippen LogP contribution < -0.4 is 4.90 Å². The molecule has 4 heteroatoms. The molecule has 1 aliphatic rings. The van der Waals surface area contributed by atoms with Crippen molar-refractivity contribution in [3.8, 4) is 0 Å². The van der Waals surface area contributed by atoms with Gasteiger partial charge in [-0.15, -0.1) is 0 Å². The van der Waals surface area contributed by atoms with Gasteiger partial charge >= 0.3 is 0 Å². The smallest absolute Gasteiger partial charge is 0.217 e. The Hall–Kier alpha value is -2.33. The van der Waals surface area contributed by atoms with Gasteiger partial charge in [-0.25, -0.2) is 4.98 Å². The first-order chi connectivity index (χ1) is 11.3. The molecule has 0 radical (unpaired) electrons. The first kappa shape index (κ1) is 14.3. The number of anilines is 1. The molecule has 114 valence electrons. The van der Waals surface area contributed by atoms with Crippen LogP contribution in [0.15, 0.2) is 82.1 Å². The molecule has 1 aromatic heterocycles. The first-order valence-corrected chi connectivity index (χ1v) is 8.30. The van der Waals surface area contributed by atoms with Gasteiger partial charge in [-0.2, -0.15) is 0 Å². The quantitative estimate of drug-likeness (QED) is 0.618. The second-order valence-electron chi connectivity index (χ2n) is 5.49. The number of rotatable bonds is 3. The zero-order valence-corrected chi connectivity index (χ0v) is 14.0. The van der Waals surface area contributed by atoms with Crippen LogP contribution in [0.3, 0.4) is 0 Å². The monoisotopic (exact) mass is 366 g/mol. The summed E-state index contributed by atoms with van der Waals surface area (Å²) in [5, 5.41) is 0. The number of nitrogens with zero attached hydrogens (tertiary/aromatic N) is 2. The zero-order chi connectivity index (χ0) is 15.6. The summed E-state index contributed by atoms with van der Waals surface area (Å²) in [7, 11) is 0. The molecular weight excluding hydrogens is 352 g/mol. The summed E-state index contributed by atoms with van der Waals surface area (Å²) in [6.07, 6.45) is 6.42. The Morgan fingerprint density at radius 2 is 1.83 bits per heavy atom. The fourth-order valence-electron chi connectivity index (χ4n) is 2.93. The fourth-order valence-corrected chi connectivity index (χ4v) is 3.20. The molecule has 1 unspecified atom stereocenters. The number of benzene rings is 2. The Bertz CT molecular complexity index is 810. The summed E-state index contributed by atoms with van der Waals surface area (Å²) in [6, 6.07) is 18.9. The van der Waals surface area contributed by atoms with Crippen LogP contribution in [0.2, 0.25) is 0 Å². The number of oxazole rings is 1. The maximum atomic E-state index is 5.58. The van der Waals surface area contributed by atoms with Gasteiger partial charge in [-0.1, -0.05) is 46.3 Å². The molecule has 2 heterocycles. The molecule has 0 bridgehead atoms. The maximum Gasteiger partial charge on any atom is 0.217 e. The standard InChI is InChI=1S/C19H15BrN2O/c20-16-6-8-17(9-7-16)22-13-15(14-4-2-1-3-5-14)12-18(22)19-21-10-11-23-19/h1-11,13,18H,12H2. The predicted octanol–water partition coefficient (Wildman–Crippen LogP) is 5.43. The summed E-state index contributed by atoms with van der Waals surface area (Å²) < 4.78 is 6.65. The second kappa shape index (κ2) is 6.05. The van der Waals surface area contributed by atoms with Crippen molar-refractivity contribution in [2.45, 2.75) is 12.5 Å². The van der Waals surface area contributed by atoms with E-state index >= 15 is 0 Å². The fraction of sp³-hybridized carbons (Fsp3) is 0.105. The summed E-state index contributed by atoms with van der Waals surface area (Å²) in [5.74, 6) is 0.745. The Balaban J connectivity index is 1.74. The van der Waals surface area contributed by atoms with Gasteiger partial charge < -0.3 is 9.32 Å². The highest BCUT2D eigenvalue weighted by Crippen LogP contribution is 2.41. The van der Waals surface area contributed by atoms with E-state index in [2.05, 4.69) is 80.5 Å². The molecule has 0 spiro atoms. The minimum atomic E-state index is 0.0846. The molecule has 1 aliphatic heterocycles. The molecule has 4 rings (SSSR count). The van der Waals surface area contributed by atoms with E-state index in [9.17, 15) is 0 Å². The summed E-state index contributed by atoms with van der Waals surface area (Å²) in [6.45, 7) is 0. The largest absolute Gasteiger partial charge is 0.447 e. The van der Waals surface area contributed by atoms with Crippen molar-refractivity contribution < 1.29 is 4.42 Å². The van der Waals surface area contributed by atoms with Crippen LogP contribution in [0.4, 0.5) is 5.69 Å². The molecule has 0 saturated carbocycles. The van der Waals surface area contributed by atoms with Crippen molar-refractivity contribution in [1.29, 1.82) is 0 Å². The van der Waals surface area contributed by atoms with Crippen molar-refractivity contribution >= 4 is 27.2 Å². The van der Waals surface area contributed by atoms with Crippen LogP contribution in [0.5, 0.6) is 0 Å². The Morgan fingerprint density at radius 1 is 1.04 bits per heavy atom. The van der Waals surface area contributed by atoms with E-state index in [0.717, 1.165) is 22.5 Å². The molecule has 0 fully saturated rings. The number of hydrogen-bond acceptors (Lipinski definition) is 3. The molecule has 1 atom stereocenters. The average molecular weight is 367 g/mol. The normalized spacial score (nSPS) is 17.3. The highest BCUT2D eigenvalue weighted by Gasteiger charge is 2.30. The summed E-state index contributed by atoms with van der Waals surface area (Å²) in [4.78, 5) is 6.61. The van der Waals surface area contributed by atoms with E-state index < -0.39 is 0 Å². The van der Waals surface area contributed by atoms with Gasteiger partial charge in [0.25, 0.3) is 0 Å². The van der Waals surface area contributed by atoms with Gasteiger partial charge in [-0.3, -0.25) is 0 Å². The topological polar surface area (TPSA) is 29.3 Å². The number of hydrogen-bond donors (Lipinski definition) is 0. The van der Waals surface area contributed by atoms with Crippen LogP contribution in [-0.4, -0.2) is 4.98 Å². The molecule has 0 amide bonds. The molecule has 2 aromatic carbocycles. The lowest BCUT2D eigenvalue weighted by Gasteiger charge is -2.23. The van der Waals surface area contributed by atoms with Crippen molar-refractivity contribution in [2.75, 3.05) is 4.90 Å². The lowest BCUT2D eigenvalue weighted by atomic mass is 10.0. The van der Waals surface area contributed by atoms with Gasteiger partial charge in [0.1, 0.15) is 12.3 Å². The minimum Gasteiger partial charge on any atom is -0.447 e. The van der Waals surface area contributed by atoms with E-state index in [0.29, 0.717) is 0 Å². The third-order valence-corrected chi connectivity index (χ3v) is 4.58. The third-order valence-electron chi connectivity index (χ3n) is 4.05. The molecule has 0 aliphatic carbocycles. The van der Waals surface area contributed by atoms with E-state index in [4.69, 9.17) is 4.42 Å². The number of halogens is 1. The van der Waals surface area contributed by atoms with Gasteiger partial charge in [0.15, 0.2) is 0 Å². The zero-order valence-electron chi connectivity index (χ0n) is 12.4. The Labute approximate surface area is 143 Å². The van der Waals surface area contributed by atoms with Gasteiger partial charge in [0, 0.05) is 22.8 Å². The Morgan fingerprint density at radius 3 is 2.52 bits per heavy atom. The predicted molar refractivity (Wildman–Crippen MR) is 94.9 cm³/mol. The minimum absolute atomic E-state index is 0.0846.